The number of amides is 1. The average molecular weight is 439 g/mol. The molecule has 1 aliphatic rings. The van der Waals surface area contributed by atoms with Gasteiger partial charge in [-0.05, 0) is 51.2 Å². The Bertz CT molecular complexity index is 739. The van der Waals surface area contributed by atoms with Crippen molar-refractivity contribution in [2.75, 3.05) is 5.01 Å². The SMILES string of the molecule is CCCCCCCC/C=C/CCCCCCCC(=O)C1C(=O)N(c2ccccc2)N=C1C. The molecule has 1 heterocycles. The number of rotatable bonds is 17. The maximum atomic E-state index is 12.7. The quantitative estimate of drug-likeness (QED) is 0.143. The van der Waals surface area contributed by atoms with Gasteiger partial charge >= 0.3 is 0 Å². The van der Waals surface area contributed by atoms with Crippen LogP contribution in [0.1, 0.15) is 104 Å². The Morgan fingerprint density at radius 3 is 2.06 bits per heavy atom. The second kappa shape index (κ2) is 15.6. The van der Waals surface area contributed by atoms with Gasteiger partial charge in [-0.3, -0.25) is 9.59 Å². The van der Waals surface area contributed by atoms with E-state index in [1.54, 1.807) is 6.92 Å². The van der Waals surface area contributed by atoms with Crippen LogP contribution in [-0.4, -0.2) is 17.4 Å². The number of para-hydroxylation sites is 1. The van der Waals surface area contributed by atoms with Crippen LogP contribution in [0.2, 0.25) is 0 Å². The molecule has 1 unspecified atom stereocenters. The van der Waals surface area contributed by atoms with E-state index in [4.69, 9.17) is 0 Å². The molecule has 0 N–H and O–H groups in total. The van der Waals surface area contributed by atoms with Crippen molar-refractivity contribution in [1.82, 2.24) is 0 Å². The molecule has 1 atom stereocenters. The summed E-state index contributed by atoms with van der Waals surface area (Å²) in [6.45, 7) is 4.04. The second-order valence-corrected chi connectivity index (χ2v) is 8.96. The lowest BCUT2D eigenvalue weighted by molar-refractivity contribution is -0.129. The van der Waals surface area contributed by atoms with Crippen molar-refractivity contribution in [3.63, 3.8) is 0 Å². The van der Waals surface area contributed by atoms with Gasteiger partial charge in [-0.1, -0.05) is 88.6 Å². The number of hydrazone groups is 1. The zero-order chi connectivity index (χ0) is 23.0. The molecule has 0 bridgehead atoms. The summed E-state index contributed by atoms with van der Waals surface area (Å²) in [7, 11) is 0. The highest BCUT2D eigenvalue weighted by atomic mass is 16.2. The first-order valence-corrected chi connectivity index (χ1v) is 12.8. The van der Waals surface area contributed by atoms with E-state index in [2.05, 4.69) is 24.2 Å². The van der Waals surface area contributed by atoms with Gasteiger partial charge in [0, 0.05) is 6.42 Å². The van der Waals surface area contributed by atoms with Crippen molar-refractivity contribution in [2.24, 2.45) is 11.0 Å². The van der Waals surface area contributed by atoms with E-state index >= 15 is 0 Å². The zero-order valence-electron chi connectivity index (χ0n) is 20.2. The Balaban J connectivity index is 1.51. The van der Waals surface area contributed by atoms with Crippen LogP contribution in [0, 0.1) is 5.92 Å². The highest BCUT2D eigenvalue weighted by Crippen LogP contribution is 2.25. The summed E-state index contributed by atoms with van der Waals surface area (Å²) in [6, 6.07) is 9.31. The fourth-order valence-corrected chi connectivity index (χ4v) is 4.20. The first-order chi connectivity index (χ1) is 15.6. The molecule has 0 spiro atoms. The van der Waals surface area contributed by atoms with E-state index in [9.17, 15) is 9.59 Å². The summed E-state index contributed by atoms with van der Waals surface area (Å²) in [5.41, 5.74) is 1.32. The van der Waals surface area contributed by atoms with Crippen molar-refractivity contribution in [1.29, 1.82) is 0 Å². The fraction of sp³-hybridized carbons (Fsp3) is 0.607. The normalized spacial score (nSPS) is 16.2. The minimum Gasteiger partial charge on any atom is -0.298 e. The molecule has 0 aromatic heterocycles. The van der Waals surface area contributed by atoms with E-state index in [0.717, 1.165) is 25.7 Å². The number of carbonyl (C=O) groups is 2. The maximum Gasteiger partial charge on any atom is 0.263 e. The van der Waals surface area contributed by atoms with Crippen LogP contribution >= 0.6 is 0 Å². The molecule has 1 aromatic carbocycles. The lowest BCUT2D eigenvalue weighted by Crippen LogP contribution is -2.32. The molecule has 176 valence electrons. The third-order valence-corrected chi connectivity index (χ3v) is 6.14. The van der Waals surface area contributed by atoms with E-state index in [1.165, 1.54) is 62.8 Å². The van der Waals surface area contributed by atoms with Gasteiger partial charge in [0.25, 0.3) is 5.91 Å². The minimum absolute atomic E-state index is 0.00677. The Morgan fingerprint density at radius 1 is 0.875 bits per heavy atom. The van der Waals surface area contributed by atoms with Gasteiger partial charge in [-0.15, -0.1) is 0 Å². The summed E-state index contributed by atoms with van der Waals surface area (Å²) in [4.78, 5) is 25.3. The number of hydrogen-bond acceptors (Lipinski definition) is 3. The monoisotopic (exact) mass is 438 g/mol. The molecule has 1 amide bonds. The summed E-state index contributed by atoms with van der Waals surface area (Å²) >= 11 is 0. The molecule has 0 radical (unpaired) electrons. The Labute approximate surface area is 195 Å². The van der Waals surface area contributed by atoms with E-state index < -0.39 is 5.92 Å². The summed E-state index contributed by atoms with van der Waals surface area (Å²) < 4.78 is 0. The van der Waals surface area contributed by atoms with E-state index in [0.29, 0.717) is 17.8 Å². The number of allylic oxidation sites excluding steroid dienone is 2. The minimum atomic E-state index is -0.702. The highest BCUT2D eigenvalue weighted by Gasteiger charge is 2.38. The first kappa shape index (κ1) is 26.0. The third-order valence-electron chi connectivity index (χ3n) is 6.14. The lowest BCUT2D eigenvalue weighted by Gasteiger charge is -2.13. The van der Waals surface area contributed by atoms with Crippen LogP contribution < -0.4 is 5.01 Å². The van der Waals surface area contributed by atoms with Crippen LogP contribution in [-0.2, 0) is 9.59 Å². The van der Waals surface area contributed by atoms with Gasteiger partial charge < -0.3 is 0 Å². The van der Waals surface area contributed by atoms with Gasteiger partial charge in [-0.2, -0.15) is 10.1 Å². The van der Waals surface area contributed by atoms with Crippen molar-refractivity contribution in [3.05, 3.63) is 42.5 Å². The Hall–Kier alpha value is -2.23. The largest absolute Gasteiger partial charge is 0.298 e. The van der Waals surface area contributed by atoms with Gasteiger partial charge in [0.2, 0.25) is 0 Å². The second-order valence-electron chi connectivity index (χ2n) is 8.96. The molecule has 0 saturated heterocycles. The van der Waals surface area contributed by atoms with E-state index in [-0.39, 0.29) is 11.7 Å². The zero-order valence-corrected chi connectivity index (χ0v) is 20.2. The van der Waals surface area contributed by atoms with Crippen molar-refractivity contribution in [2.45, 2.75) is 104 Å². The summed E-state index contributed by atoms with van der Waals surface area (Å²) in [5.74, 6) is -0.911. The number of ketones is 1. The molecular formula is C28H42N2O2. The van der Waals surface area contributed by atoms with Gasteiger partial charge in [0.05, 0.1) is 11.4 Å². The topological polar surface area (TPSA) is 49.7 Å². The average Bonchev–Trinajstić information content (AvgIpc) is 3.10. The fourth-order valence-electron chi connectivity index (χ4n) is 4.20. The number of Topliss-reactive ketones (excluding diaryl/α,β-unsaturated/α-hetero) is 1. The van der Waals surface area contributed by atoms with E-state index in [1.807, 2.05) is 30.3 Å². The summed E-state index contributed by atoms with van der Waals surface area (Å²) in [5, 5.41) is 5.71. The molecule has 4 heteroatoms. The molecule has 0 aliphatic carbocycles. The van der Waals surface area contributed by atoms with Crippen LogP contribution in [0.15, 0.2) is 47.6 Å². The summed E-state index contributed by atoms with van der Waals surface area (Å²) in [6.07, 6.45) is 21.2. The standard InChI is InChI=1S/C28H42N2O2/c1-3-4-5-6-7-8-9-10-11-12-13-14-15-16-20-23-26(31)27-24(2)29-30(28(27)32)25-21-18-17-19-22-25/h10-11,17-19,21-22,27H,3-9,12-16,20,23H2,1-2H3/b11-10+. The highest BCUT2D eigenvalue weighted by molar-refractivity contribution is 6.26. The number of carbonyl (C=O) groups excluding carboxylic acids is 2. The van der Waals surface area contributed by atoms with Gasteiger partial charge in [0.1, 0.15) is 5.92 Å². The van der Waals surface area contributed by atoms with Crippen LogP contribution in [0.4, 0.5) is 5.69 Å². The molecule has 1 aromatic rings. The van der Waals surface area contributed by atoms with Crippen molar-refractivity contribution < 1.29 is 9.59 Å². The van der Waals surface area contributed by atoms with Crippen molar-refractivity contribution in [3.8, 4) is 0 Å². The molecule has 0 saturated carbocycles. The number of nitrogens with zero attached hydrogens (tertiary/aromatic N) is 2. The van der Waals surface area contributed by atoms with Crippen LogP contribution in [0.25, 0.3) is 0 Å². The molecule has 2 rings (SSSR count). The van der Waals surface area contributed by atoms with Crippen LogP contribution in [0.5, 0.6) is 0 Å². The first-order valence-electron chi connectivity index (χ1n) is 12.8. The van der Waals surface area contributed by atoms with Crippen LogP contribution in [0.3, 0.4) is 0 Å². The molecular weight excluding hydrogens is 396 g/mol. The number of benzene rings is 1. The molecule has 32 heavy (non-hydrogen) atoms. The van der Waals surface area contributed by atoms with Gasteiger partial charge in [-0.25, -0.2) is 0 Å². The predicted molar refractivity (Wildman–Crippen MR) is 135 cm³/mol. The number of anilines is 1. The lowest BCUT2D eigenvalue weighted by atomic mass is 9.94. The smallest absolute Gasteiger partial charge is 0.263 e. The predicted octanol–water partition coefficient (Wildman–Crippen LogP) is 7.63. The van der Waals surface area contributed by atoms with Crippen molar-refractivity contribution >= 4 is 23.1 Å². The molecule has 1 aliphatic heterocycles. The maximum absolute atomic E-state index is 12.7. The number of unbranched alkanes of at least 4 members (excludes halogenated alkanes) is 11. The number of hydrogen-bond donors (Lipinski definition) is 0. The Morgan fingerprint density at radius 2 is 1.44 bits per heavy atom. The van der Waals surface area contributed by atoms with Gasteiger partial charge in [0.15, 0.2) is 5.78 Å². The Kier molecular flexibility index (Phi) is 12.6. The molecule has 0 fully saturated rings. The third kappa shape index (κ3) is 9.10. The molecule has 4 nitrogen and oxygen atoms in total.